The molecule has 1 heterocycles. The van der Waals surface area contributed by atoms with Crippen molar-refractivity contribution < 1.29 is 19.4 Å². The van der Waals surface area contributed by atoms with E-state index in [1.165, 1.54) is 6.08 Å². The number of esters is 1. The van der Waals surface area contributed by atoms with Crippen molar-refractivity contribution in [3.05, 3.63) is 23.8 Å². The molecule has 2 fully saturated rings. The summed E-state index contributed by atoms with van der Waals surface area (Å²) >= 11 is 0. The molecule has 0 aromatic heterocycles. The van der Waals surface area contributed by atoms with E-state index in [1.807, 2.05) is 13.0 Å². The predicted octanol–water partition coefficient (Wildman–Crippen LogP) is 2.56. The third-order valence-corrected chi connectivity index (χ3v) is 6.90. The number of ketones is 1. The Morgan fingerprint density at radius 1 is 1.22 bits per heavy atom. The van der Waals surface area contributed by atoms with Crippen LogP contribution in [0.3, 0.4) is 0 Å². The van der Waals surface area contributed by atoms with Gasteiger partial charge in [0.1, 0.15) is 5.60 Å². The van der Waals surface area contributed by atoms with Gasteiger partial charge in [0, 0.05) is 17.9 Å². The number of aliphatic hydroxyl groups excluding tert-OH is 1. The Hall–Kier alpha value is -1.42. The Balaban J connectivity index is 1.77. The molecule has 0 aromatic carbocycles. The van der Waals surface area contributed by atoms with Crippen LogP contribution in [-0.4, -0.2) is 28.6 Å². The van der Waals surface area contributed by atoms with Gasteiger partial charge in [0.2, 0.25) is 0 Å². The van der Waals surface area contributed by atoms with Crippen LogP contribution < -0.4 is 0 Å². The highest BCUT2D eigenvalue weighted by Crippen LogP contribution is 2.59. The SMILES string of the molecule is C[C@]12CC[C@H](O)CC1=CC(=O)[C@@H]1[C@@H]2CC[C@]2(C)OC(=O)C=C[C@@H]12. The minimum atomic E-state index is -0.557. The summed E-state index contributed by atoms with van der Waals surface area (Å²) in [5.41, 5.74) is 0.565. The average molecular weight is 316 g/mol. The van der Waals surface area contributed by atoms with E-state index < -0.39 is 5.60 Å². The summed E-state index contributed by atoms with van der Waals surface area (Å²) in [4.78, 5) is 24.5. The molecule has 4 aliphatic rings. The van der Waals surface area contributed by atoms with Crippen LogP contribution in [0.25, 0.3) is 0 Å². The summed E-state index contributed by atoms with van der Waals surface area (Å²) in [5, 5.41) is 9.98. The Morgan fingerprint density at radius 2 is 2.00 bits per heavy atom. The third-order valence-electron chi connectivity index (χ3n) is 6.90. The van der Waals surface area contributed by atoms with Crippen molar-refractivity contribution in [2.24, 2.45) is 23.2 Å². The molecular formula is C19H24O4. The summed E-state index contributed by atoms with van der Waals surface area (Å²) in [6, 6.07) is 0. The Kier molecular flexibility index (Phi) is 3.15. The first-order valence-corrected chi connectivity index (χ1v) is 8.68. The maximum Gasteiger partial charge on any atom is 0.330 e. The zero-order valence-corrected chi connectivity index (χ0v) is 13.7. The maximum absolute atomic E-state index is 12.9. The fourth-order valence-corrected chi connectivity index (χ4v) is 5.53. The minimum Gasteiger partial charge on any atom is -0.456 e. The number of rotatable bonds is 0. The van der Waals surface area contributed by atoms with Gasteiger partial charge in [-0.3, -0.25) is 4.79 Å². The molecule has 4 heteroatoms. The summed E-state index contributed by atoms with van der Waals surface area (Å²) in [6.45, 7) is 4.23. The minimum absolute atomic E-state index is 0.00552. The normalized spacial score (nSPS) is 48.7. The van der Waals surface area contributed by atoms with E-state index >= 15 is 0 Å². The molecule has 0 unspecified atom stereocenters. The Morgan fingerprint density at radius 3 is 2.78 bits per heavy atom. The van der Waals surface area contributed by atoms with Crippen LogP contribution in [0.4, 0.5) is 0 Å². The highest BCUT2D eigenvalue weighted by atomic mass is 16.6. The van der Waals surface area contributed by atoms with Crippen LogP contribution >= 0.6 is 0 Å². The lowest BCUT2D eigenvalue weighted by molar-refractivity contribution is -0.174. The molecule has 0 aromatic rings. The van der Waals surface area contributed by atoms with Gasteiger partial charge < -0.3 is 9.84 Å². The van der Waals surface area contributed by atoms with E-state index in [-0.39, 0.29) is 41.0 Å². The smallest absolute Gasteiger partial charge is 0.330 e. The molecule has 23 heavy (non-hydrogen) atoms. The van der Waals surface area contributed by atoms with Crippen molar-refractivity contribution in [2.75, 3.05) is 0 Å². The van der Waals surface area contributed by atoms with E-state index in [4.69, 9.17) is 4.74 Å². The first-order chi connectivity index (χ1) is 10.8. The number of hydrogen-bond donors (Lipinski definition) is 1. The van der Waals surface area contributed by atoms with Crippen LogP contribution in [0.5, 0.6) is 0 Å². The third kappa shape index (κ3) is 2.07. The van der Waals surface area contributed by atoms with Crippen LogP contribution in [0, 0.1) is 23.2 Å². The summed E-state index contributed by atoms with van der Waals surface area (Å²) in [5.74, 6) is -0.0131. The number of carbonyl (C=O) groups is 2. The van der Waals surface area contributed by atoms with Gasteiger partial charge >= 0.3 is 5.97 Å². The lowest BCUT2D eigenvalue weighted by Gasteiger charge is -2.57. The van der Waals surface area contributed by atoms with Crippen molar-refractivity contribution in [1.29, 1.82) is 0 Å². The van der Waals surface area contributed by atoms with Gasteiger partial charge in [-0.25, -0.2) is 4.79 Å². The van der Waals surface area contributed by atoms with E-state index in [1.54, 1.807) is 6.08 Å². The molecule has 6 atom stereocenters. The largest absolute Gasteiger partial charge is 0.456 e. The fraction of sp³-hybridized carbons (Fsp3) is 0.684. The first-order valence-electron chi connectivity index (χ1n) is 8.68. The van der Waals surface area contributed by atoms with Gasteiger partial charge in [-0.2, -0.15) is 0 Å². The molecule has 0 radical (unpaired) electrons. The predicted molar refractivity (Wildman–Crippen MR) is 84.4 cm³/mol. The molecule has 3 aliphatic carbocycles. The van der Waals surface area contributed by atoms with Gasteiger partial charge in [-0.1, -0.05) is 18.6 Å². The molecule has 1 N–H and O–H groups in total. The van der Waals surface area contributed by atoms with Crippen molar-refractivity contribution in [2.45, 2.75) is 57.7 Å². The van der Waals surface area contributed by atoms with Crippen molar-refractivity contribution in [3.8, 4) is 0 Å². The van der Waals surface area contributed by atoms with Crippen LogP contribution in [0.2, 0.25) is 0 Å². The van der Waals surface area contributed by atoms with E-state index in [0.29, 0.717) is 6.42 Å². The molecule has 0 amide bonds. The average Bonchev–Trinajstić information content (AvgIpc) is 2.48. The number of ether oxygens (including phenoxy) is 1. The molecule has 4 nitrogen and oxygen atoms in total. The summed E-state index contributed by atoms with van der Waals surface area (Å²) in [7, 11) is 0. The van der Waals surface area contributed by atoms with E-state index in [2.05, 4.69) is 6.92 Å². The number of aliphatic hydroxyl groups is 1. The molecule has 124 valence electrons. The highest BCUT2D eigenvalue weighted by molar-refractivity contribution is 5.95. The van der Waals surface area contributed by atoms with Gasteiger partial charge in [0.05, 0.1) is 6.10 Å². The van der Waals surface area contributed by atoms with Crippen molar-refractivity contribution >= 4 is 11.8 Å². The van der Waals surface area contributed by atoms with E-state index in [0.717, 1.165) is 31.3 Å². The van der Waals surface area contributed by atoms with E-state index in [9.17, 15) is 14.7 Å². The monoisotopic (exact) mass is 316 g/mol. The number of carbonyl (C=O) groups excluding carboxylic acids is 2. The molecule has 0 saturated heterocycles. The topological polar surface area (TPSA) is 63.6 Å². The Bertz CT molecular complexity index is 633. The van der Waals surface area contributed by atoms with Crippen molar-refractivity contribution in [3.63, 3.8) is 0 Å². The van der Waals surface area contributed by atoms with Crippen molar-refractivity contribution in [1.82, 2.24) is 0 Å². The maximum atomic E-state index is 12.9. The first kappa shape index (κ1) is 15.1. The molecule has 4 rings (SSSR count). The van der Waals surface area contributed by atoms with Gasteiger partial charge in [0.15, 0.2) is 5.78 Å². The zero-order valence-electron chi connectivity index (χ0n) is 13.7. The number of allylic oxidation sites excluding steroid dienone is 1. The molecule has 0 bridgehead atoms. The molecular weight excluding hydrogens is 292 g/mol. The van der Waals surface area contributed by atoms with Gasteiger partial charge in [-0.05, 0) is 56.4 Å². The number of hydrogen-bond acceptors (Lipinski definition) is 4. The fourth-order valence-electron chi connectivity index (χ4n) is 5.53. The standard InChI is InChI=1S/C19H24O4/c1-18-7-5-12(20)9-11(18)10-15(21)17-13(18)6-8-19(2)14(17)3-4-16(22)23-19/h3-4,10,12-14,17,20H,5-9H2,1-2H3/t12-,13-,14-,17+,18-,19-/m0/s1. The number of fused-ring (bicyclic) bond motifs is 5. The molecule has 1 aliphatic heterocycles. The summed E-state index contributed by atoms with van der Waals surface area (Å²) in [6.07, 6.45) is 8.91. The lowest BCUT2D eigenvalue weighted by Crippen LogP contribution is -2.57. The van der Waals surface area contributed by atoms with Gasteiger partial charge in [0.25, 0.3) is 0 Å². The van der Waals surface area contributed by atoms with Gasteiger partial charge in [-0.15, -0.1) is 0 Å². The lowest BCUT2D eigenvalue weighted by atomic mass is 9.49. The van der Waals surface area contributed by atoms with Crippen LogP contribution in [0.15, 0.2) is 23.8 Å². The van der Waals surface area contributed by atoms with Crippen LogP contribution in [-0.2, 0) is 14.3 Å². The van der Waals surface area contributed by atoms with Crippen LogP contribution in [0.1, 0.15) is 46.0 Å². The second-order valence-corrected chi connectivity index (χ2v) is 8.18. The quantitative estimate of drug-likeness (QED) is 0.698. The Labute approximate surface area is 136 Å². The second kappa shape index (κ2) is 4.79. The highest BCUT2D eigenvalue weighted by Gasteiger charge is 2.58. The zero-order chi connectivity index (χ0) is 16.4. The second-order valence-electron chi connectivity index (χ2n) is 8.18. The summed E-state index contributed by atoms with van der Waals surface area (Å²) < 4.78 is 5.62. The molecule has 2 saturated carbocycles. The molecule has 0 spiro atoms.